The molecule has 148 valence electrons. The highest BCUT2D eigenvalue weighted by Gasteiger charge is 2.06. The molecule has 0 aliphatic carbocycles. The van der Waals surface area contributed by atoms with Crippen molar-refractivity contribution in [3.8, 4) is 0 Å². The number of carboxylic acids is 1. The van der Waals surface area contributed by atoms with Crippen molar-refractivity contribution in [1.29, 1.82) is 0 Å². The zero-order chi connectivity index (χ0) is 19.9. The zero-order valence-corrected chi connectivity index (χ0v) is 16.0. The van der Waals surface area contributed by atoms with Crippen LogP contribution in [0.25, 0.3) is 0 Å². The number of aliphatic carboxylic acids is 1. The highest BCUT2D eigenvalue weighted by molar-refractivity contribution is 5.78. The molecule has 0 spiro atoms. The van der Waals surface area contributed by atoms with Crippen LogP contribution in [0.4, 0.5) is 0 Å². The van der Waals surface area contributed by atoms with Gasteiger partial charge in [-0.05, 0) is 24.5 Å². The highest BCUT2D eigenvalue weighted by Crippen LogP contribution is 2.04. The van der Waals surface area contributed by atoms with Crippen molar-refractivity contribution in [3.63, 3.8) is 0 Å². The Morgan fingerprint density at radius 2 is 1.67 bits per heavy atom. The Labute approximate surface area is 160 Å². The highest BCUT2D eigenvalue weighted by atomic mass is 16.5. The van der Waals surface area contributed by atoms with Crippen molar-refractivity contribution in [2.45, 2.75) is 33.3 Å². The number of benzene rings is 1. The predicted octanol–water partition coefficient (Wildman–Crippen LogP) is 2.13. The van der Waals surface area contributed by atoms with E-state index in [4.69, 9.17) is 9.84 Å². The van der Waals surface area contributed by atoms with Gasteiger partial charge in [-0.3, -0.25) is 9.59 Å². The van der Waals surface area contributed by atoms with E-state index in [9.17, 15) is 9.59 Å². The molecule has 0 aromatic heterocycles. The standard InChI is InChI=1S/C20H29N3O4/c1-3-8-17(21-14-20(25)26)12-22-18(24)13-23-19(9-4-2)27-15-16-10-6-5-7-11-16/h5-11,21,23H,3-4,12-15H2,1-2H3,(H,22,24)(H,25,26)/b17-8+,19-9-. The van der Waals surface area contributed by atoms with Crippen molar-refractivity contribution in [3.05, 3.63) is 59.6 Å². The van der Waals surface area contributed by atoms with Gasteiger partial charge in [-0.2, -0.15) is 0 Å². The molecule has 1 aromatic rings. The molecule has 1 rings (SSSR count). The molecule has 7 nitrogen and oxygen atoms in total. The van der Waals surface area contributed by atoms with E-state index >= 15 is 0 Å². The number of nitrogens with one attached hydrogen (secondary N) is 3. The molecular weight excluding hydrogens is 346 g/mol. The summed E-state index contributed by atoms with van der Waals surface area (Å²) in [5, 5.41) is 17.3. The smallest absolute Gasteiger partial charge is 0.322 e. The molecule has 0 heterocycles. The van der Waals surface area contributed by atoms with Gasteiger partial charge >= 0.3 is 5.97 Å². The fraction of sp³-hybridized carbons (Fsp3) is 0.400. The number of rotatable bonds is 13. The summed E-state index contributed by atoms with van der Waals surface area (Å²) in [6.45, 7) is 4.49. The van der Waals surface area contributed by atoms with Crippen LogP contribution < -0.4 is 16.0 Å². The molecule has 27 heavy (non-hydrogen) atoms. The van der Waals surface area contributed by atoms with Crippen LogP contribution in [0.5, 0.6) is 0 Å². The zero-order valence-electron chi connectivity index (χ0n) is 16.0. The van der Waals surface area contributed by atoms with Crippen molar-refractivity contribution in [2.24, 2.45) is 0 Å². The molecular formula is C20H29N3O4. The third-order valence-corrected chi connectivity index (χ3v) is 3.44. The minimum absolute atomic E-state index is 0.0684. The number of amides is 1. The quantitative estimate of drug-likeness (QED) is 0.394. The summed E-state index contributed by atoms with van der Waals surface area (Å²) in [6, 6.07) is 9.79. The lowest BCUT2D eigenvalue weighted by Gasteiger charge is -2.14. The second-order valence-corrected chi connectivity index (χ2v) is 5.77. The molecule has 4 N–H and O–H groups in total. The summed E-state index contributed by atoms with van der Waals surface area (Å²) < 4.78 is 5.73. The van der Waals surface area contributed by atoms with Gasteiger partial charge in [0.25, 0.3) is 0 Å². The monoisotopic (exact) mass is 375 g/mol. The lowest BCUT2D eigenvalue weighted by Crippen LogP contribution is -2.37. The lowest BCUT2D eigenvalue weighted by molar-refractivity contribution is -0.135. The third-order valence-electron chi connectivity index (χ3n) is 3.44. The van der Waals surface area contributed by atoms with Crippen molar-refractivity contribution in [2.75, 3.05) is 19.6 Å². The van der Waals surface area contributed by atoms with Gasteiger partial charge in [0.05, 0.1) is 13.1 Å². The molecule has 7 heteroatoms. The number of carbonyl (C=O) groups is 2. The lowest BCUT2D eigenvalue weighted by atomic mass is 10.2. The van der Waals surface area contributed by atoms with E-state index in [0.717, 1.165) is 18.4 Å². The Balaban J connectivity index is 2.41. The van der Waals surface area contributed by atoms with Crippen LogP contribution in [-0.2, 0) is 20.9 Å². The molecule has 0 saturated heterocycles. The third kappa shape index (κ3) is 10.6. The van der Waals surface area contributed by atoms with Crippen molar-refractivity contribution >= 4 is 11.9 Å². The Morgan fingerprint density at radius 1 is 0.963 bits per heavy atom. The summed E-state index contributed by atoms with van der Waals surface area (Å²) >= 11 is 0. The number of allylic oxidation sites excluding steroid dienone is 2. The van der Waals surface area contributed by atoms with Crippen LogP contribution in [0.2, 0.25) is 0 Å². The fourth-order valence-electron chi connectivity index (χ4n) is 2.17. The summed E-state index contributed by atoms with van der Waals surface area (Å²) in [6.07, 6.45) is 5.25. The van der Waals surface area contributed by atoms with Crippen LogP contribution in [-0.4, -0.2) is 36.6 Å². The van der Waals surface area contributed by atoms with Gasteiger partial charge in [-0.15, -0.1) is 0 Å². The SMILES string of the molecule is CC/C=C(/NCC(=O)NC/C(=C\CC)NCC(=O)O)OCc1ccccc1. The van der Waals surface area contributed by atoms with Gasteiger partial charge in [0.15, 0.2) is 5.88 Å². The molecule has 0 aliphatic rings. The second-order valence-electron chi connectivity index (χ2n) is 5.77. The first-order chi connectivity index (χ1) is 13.0. The summed E-state index contributed by atoms with van der Waals surface area (Å²) in [5.74, 6) is -0.598. The molecule has 0 bridgehead atoms. The maximum absolute atomic E-state index is 12.0. The maximum atomic E-state index is 12.0. The first-order valence-electron chi connectivity index (χ1n) is 9.07. The summed E-state index contributed by atoms with van der Waals surface area (Å²) in [5.41, 5.74) is 1.72. The van der Waals surface area contributed by atoms with Gasteiger partial charge in [-0.1, -0.05) is 50.3 Å². The number of carboxylic acid groups (broad SMARTS) is 1. The van der Waals surface area contributed by atoms with Crippen LogP contribution in [0.1, 0.15) is 32.3 Å². The molecule has 0 atom stereocenters. The van der Waals surface area contributed by atoms with Crippen LogP contribution in [0.3, 0.4) is 0 Å². The molecule has 0 aliphatic heterocycles. The Hall–Kier alpha value is -2.96. The number of ether oxygens (including phenoxy) is 1. The Morgan fingerprint density at radius 3 is 2.30 bits per heavy atom. The van der Waals surface area contributed by atoms with Crippen molar-refractivity contribution in [1.82, 2.24) is 16.0 Å². The number of hydrogen-bond donors (Lipinski definition) is 4. The molecule has 0 saturated carbocycles. The molecule has 1 aromatic carbocycles. The minimum Gasteiger partial charge on any atom is -0.480 e. The summed E-state index contributed by atoms with van der Waals surface area (Å²) in [7, 11) is 0. The van der Waals surface area contributed by atoms with E-state index in [0.29, 0.717) is 18.2 Å². The van der Waals surface area contributed by atoms with E-state index in [1.165, 1.54) is 0 Å². The Bertz CT molecular complexity index is 642. The number of hydrogen-bond acceptors (Lipinski definition) is 5. The van der Waals surface area contributed by atoms with Crippen LogP contribution >= 0.6 is 0 Å². The fourth-order valence-corrected chi connectivity index (χ4v) is 2.17. The normalized spacial score (nSPS) is 11.6. The van der Waals surface area contributed by atoms with Crippen molar-refractivity contribution < 1.29 is 19.4 Å². The predicted molar refractivity (Wildman–Crippen MR) is 105 cm³/mol. The molecule has 0 unspecified atom stereocenters. The first kappa shape index (κ1) is 22.1. The van der Waals surface area contributed by atoms with Gasteiger partial charge in [0, 0.05) is 5.70 Å². The maximum Gasteiger partial charge on any atom is 0.322 e. The number of carbonyl (C=O) groups excluding carboxylic acids is 1. The van der Waals surface area contributed by atoms with Crippen LogP contribution in [0.15, 0.2) is 54.1 Å². The summed E-state index contributed by atoms with van der Waals surface area (Å²) in [4.78, 5) is 22.7. The van der Waals surface area contributed by atoms with E-state index in [1.54, 1.807) is 0 Å². The van der Waals surface area contributed by atoms with Gasteiger partial charge in [0.2, 0.25) is 5.91 Å². The van der Waals surface area contributed by atoms with Crippen LogP contribution in [0, 0.1) is 0 Å². The van der Waals surface area contributed by atoms with Gasteiger partial charge < -0.3 is 25.8 Å². The second kappa shape index (κ2) is 13.3. The van der Waals surface area contributed by atoms with E-state index in [2.05, 4.69) is 16.0 Å². The first-order valence-corrected chi connectivity index (χ1v) is 9.07. The largest absolute Gasteiger partial charge is 0.480 e. The topological polar surface area (TPSA) is 99.7 Å². The van der Waals surface area contributed by atoms with E-state index < -0.39 is 5.97 Å². The van der Waals surface area contributed by atoms with E-state index in [1.807, 2.05) is 56.3 Å². The van der Waals surface area contributed by atoms with Gasteiger partial charge in [-0.25, -0.2) is 0 Å². The molecule has 0 fully saturated rings. The average molecular weight is 375 g/mol. The molecule has 0 radical (unpaired) electrons. The van der Waals surface area contributed by atoms with E-state index in [-0.39, 0.29) is 25.5 Å². The van der Waals surface area contributed by atoms with Gasteiger partial charge in [0.1, 0.15) is 13.2 Å². The minimum atomic E-state index is -0.949. The molecule has 1 amide bonds. The Kier molecular flexibility index (Phi) is 10.9. The average Bonchev–Trinajstić information content (AvgIpc) is 2.67.